The van der Waals surface area contributed by atoms with Gasteiger partial charge in [0.15, 0.2) is 0 Å². The molecule has 0 aliphatic rings. The molecule has 3 heteroatoms. The highest BCUT2D eigenvalue weighted by Gasteiger charge is 2.08. The second kappa shape index (κ2) is 4.79. The van der Waals surface area contributed by atoms with E-state index in [0.717, 1.165) is 4.47 Å². The summed E-state index contributed by atoms with van der Waals surface area (Å²) >= 11 is 3.43. The van der Waals surface area contributed by atoms with E-state index in [-0.39, 0.29) is 5.54 Å². The third kappa shape index (κ3) is 4.98. The Morgan fingerprint density at radius 3 is 2.60 bits per heavy atom. The van der Waals surface area contributed by atoms with Crippen LogP contribution in [-0.2, 0) is 6.42 Å². The summed E-state index contributed by atoms with van der Waals surface area (Å²) in [7, 11) is 0. The van der Waals surface area contributed by atoms with Crippen LogP contribution < -0.4 is 5.73 Å². The molecule has 2 N–H and O–H groups in total. The number of nitrogens with zero attached hydrogens (tertiary/aromatic N) is 1. The molecule has 0 saturated heterocycles. The molecule has 0 aromatic heterocycles. The van der Waals surface area contributed by atoms with Crippen molar-refractivity contribution in [1.82, 2.24) is 0 Å². The molecular weight excluding hydrogens is 252 g/mol. The van der Waals surface area contributed by atoms with Crippen LogP contribution in [0, 0.1) is 0 Å². The van der Waals surface area contributed by atoms with E-state index in [9.17, 15) is 0 Å². The highest BCUT2D eigenvalue weighted by atomic mass is 79.9. The molecule has 0 saturated carbocycles. The Balaban J connectivity index is 2.75. The number of hydrogen-bond donors (Lipinski definition) is 1. The highest BCUT2D eigenvalue weighted by Crippen LogP contribution is 2.13. The second-order valence-corrected chi connectivity index (χ2v) is 5.50. The zero-order chi connectivity index (χ0) is 11.5. The van der Waals surface area contributed by atoms with Gasteiger partial charge in [-0.3, -0.25) is 4.99 Å². The summed E-state index contributed by atoms with van der Waals surface area (Å²) in [5.41, 5.74) is 6.95. The van der Waals surface area contributed by atoms with Gasteiger partial charge in [0, 0.05) is 10.9 Å². The molecule has 0 atom stereocenters. The van der Waals surface area contributed by atoms with Crippen LogP contribution >= 0.6 is 15.9 Å². The summed E-state index contributed by atoms with van der Waals surface area (Å²) in [6.45, 7) is 6.13. The first kappa shape index (κ1) is 12.2. The van der Waals surface area contributed by atoms with Crippen LogP contribution in [0.3, 0.4) is 0 Å². The van der Waals surface area contributed by atoms with Gasteiger partial charge in [-0.15, -0.1) is 0 Å². The van der Waals surface area contributed by atoms with Gasteiger partial charge in [0.25, 0.3) is 0 Å². The Morgan fingerprint density at radius 1 is 1.40 bits per heavy atom. The third-order valence-electron chi connectivity index (χ3n) is 1.75. The fraction of sp³-hybridized carbons (Fsp3) is 0.417. The van der Waals surface area contributed by atoms with Crippen molar-refractivity contribution in [3.8, 4) is 0 Å². The lowest BCUT2D eigenvalue weighted by molar-refractivity contribution is 0.581. The number of nitrogens with two attached hydrogens (primary N) is 1. The maximum Gasteiger partial charge on any atom is 0.0988 e. The van der Waals surface area contributed by atoms with Crippen molar-refractivity contribution in [3.63, 3.8) is 0 Å². The molecular formula is C12H17BrN2. The van der Waals surface area contributed by atoms with Gasteiger partial charge in [0.2, 0.25) is 0 Å². The fourth-order valence-electron chi connectivity index (χ4n) is 1.33. The molecule has 0 amide bonds. The van der Waals surface area contributed by atoms with Crippen LogP contribution in [0.25, 0.3) is 0 Å². The summed E-state index contributed by atoms with van der Waals surface area (Å²) in [5.74, 6) is 0.681. The molecule has 0 aliphatic heterocycles. The molecule has 2 nitrogen and oxygen atoms in total. The first-order valence-corrected chi connectivity index (χ1v) is 5.75. The zero-order valence-corrected chi connectivity index (χ0v) is 11.0. The van der Waals surface area contributed by atoms with Crippen LogP contribution in [0.5, 0.6) is 0 Å². The summed E-state index contributed by atoms with van der Waals surface area (Å²) < 4.78 is 1.07. The predicted molar refractivity (Wildman–Crippen MR) is 69.2 cm³/mol. The molecule has 0 radical (unpaired) electrons. The Hall–Kier alpha value is -0.830. The lowest BCUT2D eigenvalue weighted by Gasteiger charge is -2.13. The van der Waals surface area contributed by atoms with E-state index in [0.29, 0.717) is 12.3 Å². The molecule has 0 spiro atoms. The molecule has 1 aromatic carbocycles. The van der Waals surface area contributed by atoms with Crippen molar-refractivity contribution in [2.45, 2.75) is 32.7 Å². The van der Waals surface area contributed by atoms with E-state index >= 15 is 0 Å². The average Bonchev–Trinajstić information content (AvgIpc) is 1.99. The van der Waals surface area contributed by atoms with Crippen molar-refractivity contribution in [2.75, 3.05) is 0 Å². The largest absolute Gasteiger partial charge is 0.387 e. The topological polar surface area (TPSA) is 38.4 Å². The van der Waals surface area contributed by atoms with Gasteiger partial charge in [-0.2, -0.15) is 0 Å². The van der Waals surface area contributed by atoms with E-state index < -0.39 is 0 Å². The number of benzene rings is 1. The highest BCUT2D eigenvalue weighted by molar-refractivity contribution is 9.10. The predicted octanol–water partition coefficient (Wildman–Crippen LogP) is 3.15. The minimum absolute atomic E-state index is 0.101. The molecule has 15 heavy (non-hydrogen) atoms. The van der Waals surface area contributed by atoms with Gasteiger partial charge in [-0.05, 0) is 38.5 Å². The smallest absolute Gasteiger partial charge is 0.0988 e. The number of rotatable bonds is 2. The maximum atomic E-state index is 5.88. The number of hydrogen-bond acceptors (Lipinski definition) is 1. The summed E-state index contributed by atoms with van der Waals surface area (Å²) in [6, 6.07) is 8.12. The Bertz CT molecular complexity index is 364. The standard InChI is InChI=1S/C12H17BrN2/c1-12(2,3)15-11(14)8-9-5-4-6-10(13)7-9/h4-7H,8H2,1-3H3,(H2,14,15). The minimum atomic E-state index is -0.101. The van der Waals surface area contributed by atoms with Crippen LogP contribution in [0.15, 0.2) is 33.7 Å². The van der Waals surface area contributed by atoms with Crippen LogP contribution in [0.1, 0.15) is 26.3 Å². The third-order valence-corrected chi connectivity index (χ3v) is 2.25. The number of amidine groups is 1. The molecule has 0 aliphatic carbocycles. The first-order valence-electron chi connectivity index (χ1n) is 4.95. The zero-order valence-electron chi connectivity index (χ0n) is 9.42. The lowest BCUT2D eigenvalue weighted by Crippen LogP contribution is -2.22. The normalized spacial score (nSPS) is 12.9. The SMILES string of the molecule is CC(C)(C)N=C(N)Cc1cccc(Br)c1. The van der Waals surface area contributed by atoms with E-state index in [1.807, 2.05) is 32.9 Å². The van der Waals surface area contributed by atoms with Crippen LogP contribution in [-0.4, -0.2) is 11.4 Å². The van der Waals surface area contributed by atoms with Gasteiger partial charge in [-0.1, -0.05) is 28.1 Å². The van der Waals surface area contributed by atoms with Crippen molar-refractivity contribution < 1.29 is 0 Å². The van der Waals surface area contributed by atoms with Gasteiger partial charge in [-0.25, -0.2) is 0 Å². The summed E-state index contributed by atoms with van der Waals surface area (Å²) in [4.78, 5) is 4.41. The quantitative estimate of drug-likeness (QED) is 0.650. The van der Waals surface area contributed by atoms with Crippen molar-refractivity contribution in [1.29, 1.82) is 0 Å². The van der Waals surface area contributed by atoms with E-state index in [1.165, 1.54) is 5.56 Å². The van der Waals surface area contributed by atoms with Gasteiger partial charge in [0.05, 0.1) is 11.4 Å². The number of halogens is 1. The monoisotopic (exact) mass is 268 g/mol. The van der Waals surface area contributed by atoms with Crippen LogP contribution in [0.4, 0.5) is 0 Å². The Labute approximate surface area is 99.7 Å². The van der Waals surface area contributed by atoms with E-state index in [4.69, 9.17) is 5.73 Å². The van der Waals surface area contributed by atoms with Crippen LogP contribution in [0.2, 0.25) is 0 Å². The average molecular weight is 269 g/mol. The minimum Gasteiger partial charge on any atom is -0.387 e. The molecule has 1 rings (SSSR count). The lowest BCUT2D eigenvalue weighted by atomic mass is 10.1. The van der Waals surface area contributed by atoms with Gasteiger partial charge < -0.3 is 5.73 Å². The van der Waals surface area contributed by atoms with Crippen molar-refractivity contribution in [2.24, 2.45) is 10.7 Å². The van der Waals surface area contributed by atoms with E-state index in [1.54, 1.807) is 0 Å². The molecule has 1 aromatic rings. The molecule has 0 unspecified atom stereocenters. The molecule has 0 fully saturated rings. The van der Waals surface area contributed by atoms with Gasteiger partial charge in [0.1, 0.15) is 0 Å². The number of aliphatic imine (C=N–C) groups is 1. The van der Waals surface area contributed by atoms with Crippen molar-refractivity contribution >= 4 is 21.8 Å². The maximum absolute atomic E-state index is 5.88. The summed E-state index contributed by atoms with van der Waals surface area (Å²) in [5, 5.41) is 0. The molecule has 0 bridgehead atoms. The van der Waals surface area contributed by atoms with E-state index in [2.05, 4.69) is 33.1 Å². The van der Waals surface area contributed by atoms with Gasteiger partial charge >= 0.3 is 0 Å². The first-order chi connectivity index (χ1) is 6.87. The molecule has 82 valence electrons. The molecule has 0 heterocycles. The second-order valence-electron chi connectivity index (χ2n) is 4.58. The fourth-order valence-corrected chi connectivity index (χ4v) is 1.77. The van der Waals surface area contributed by atoms with Crippen molar-refractivity contribution in [3.05, 3.63) is 34.3 Å². The Kier molecular flexibility index (Phi) is 3.91. The Morgan fingerprint density at radius 2 is 2.07 bits per heavy atom. The summed E-state index contributed by atoms with van der Waals surface area (Å²) in [6.07, 6.45) is 0.705.